The zero-order valence-electron chi connectivity index (χ0n) is 19.1. The van der Waals surface area contributed by atoms with Crippen LogP contribution in [0.2, 0.25) is 5.15 Å². The van der Waals surface area contributed by atoms with Crippen molar-refractivity contribution in [3.63, 3.8) is 0 Å². The number of hydrogen-bond acceptors (Lipinski definition) is 4. The number of para-hydroxylation sites is 1. The molecule has 0 spiro atoms. The van der Waals surface area contributed by atoms with Gasteiger partial charge in [0.1, 0.15) is 23.3 Å². The smallest absolute Gasteiger partial charge is 0.335 e. The molecule has 0 aliphatic carbocycles. The summed E-state index contributed by atoms with van der Waals surface area (Å²) in [5, 5.41) is 0.265. The van der Waals surface area contributed by atoms with E-state index in [0.29, 0.717) is 22.6 Å². The maximum absolute atomic E-state index is 13.7. The molecule has 1 unspecified atom stereocenters. The zero-order chi connectivity index (χ0) is 23.2. The van der Waals surface area contributed by atoms with E-state index in [9.17, 15) is 4.79 Å². The van der Waals surface area contributed by atoms with Crippen LogP contribution >= 0.6 is 11.6 Å². The summed E-state index contributed by atoms with van der Waals surface area (Å²) in [4.78, 5) is 22.3. The average molecular weight is 465 g/mol. The second kappa shape index (κ2) is 10.7. The van der Waals surface area contributed by atoms with Crippen LogP contribution in [0.15, 0.2) is 65.7 Å². The van der Waals surface area contributed by atoms with Gasteiger partial charge < -0.3 is 4.74 Å². The normalized spacial score (nSPS) is 12.2. The predicted molar refractivity (Wildman–Crippen MR) is 133 cm³/mol. The number of benzene rings is 2. The van der Waals surface area contributed by atoms with Crippen LogP contribution in [0.25, 0.3) is 16.9 Å². The van der Waals surface area contributed by atoms with Gasteiger partial charge in [0.05, 0.1) is 5.69 Å². The second-order valence-electron chi connectivity index (χ2n) is 8.15. The highest BCUT2D eigenvalue weighted by atomic mass is 35.5. The fourth-order valence-electron chi connectivity index (χ4n) is 4.19. The Hall–Kier alpha value is -3.12. The lowest BCUT2D eigenvalue weighted by molar-refractivity contribution is 0.424. The third-order valence-electron chi connectivity index (χ3n) is 5.91. The Balaban J connectivity index is 1.72. The Bertz CT molecular complexity index is 1250. The van der Waals surface area contributed by atoms with Crippen LogP contribution < -0.4 is 10.4 Å². The lowest BCUT2D eigenvalue weighted by Crippen LogP contribution is -2.27. The van der Waals surface area contributed by atoms with E-state index in [1.54, 1.807) is 9.13 Å². The number of ether oxygens (including phenoxy) is 1. The van der Waals surface area contributed by atoms with E-state index < -0.39 is 0 Å². The third-order valence-corrected chi connectivity index (χ3v) is 6.19. The van der Waals surface area contributed by atoms with Crippen LogP contribution in [0.1, 0.15) is 58.4 Å². The third kappa shape index (κ3) is 4.96. The van der Waals surface area contributed by atoms with Gasteiger partial charge in [-0.05, 0) is 49.2 Å². The first kappa shape index (κ1) is 23.1. The van der Waals surface area contributed by atoms with Crippen molar-refractivity contribution in [2.45, 2.75) is 58.4 Å². The van der Waals surface area contributed by atoms with Crippen molar-refractivity contribution in [3.8, 4) is 17.2 Å². The van der Waals surface area contributed by atoms with Crippen LogP contribution in [-0.2, 0) is 0 Å². The van der Waals surface area contributed by atoms with Crippen molar-refractivity contribution in [2.24, 2.45) is 0 Å². The lowest BCUT2D eigenvalue weighted by atomic mass is 10.1. The molecular weight excluding hydrogens is 436 g/mol. The largest absolute Gasteiger partial charge is 0.457 e. The van der Waals surface area contributed by atoms with Gasteiger partial charge in [-0.2, -0.15) is 0 Å². The van der Waals surface area contributed by atoms with Gasteiger partial charge in [-0.1, -0.05) is 69.3 Å². The van der Waals surface area contributed by atoms with Crippen molar-refractivity contribution in [1.29, 1.82) is 0 Å². The highest BCUT2D eigenvalue weighted by molar-refractivity contribution is 6.33. The minimum absolute atomic E-state index is 0.0600. The Morgan fingerprint density at radius 1 is 0.939 bits per heavy atom. The molecule has 2 aromatic carbocycles. The Morgan fingerprint density at radius 2 is 1.67 bits per heavy atom. The first-order chi connectivity index (χ1) is 16.1. The summed E-state index contributed by atoms with van der Waals surface area (Å²) in [5.74, 6) is 1.44. The Labute approximate surface area is 198 Å². The molecule has 0 aliphatic rings. The molecule has 0 bridgehead atoms. The van der Waals surface area contributed by atoms with Crippen molar-refractivity contribution in [3.05, 3.63) is 76.6 Å². The molecule has 0 radical (unpaired) electrons. The van der Waals surface area contributed by atoms with Crippen LogP contribution in [0, 0.1) is 0 Å². The van der Waals surface area contributed by atoms with Crippen LogP contribution in [-0.4, -0.2) is 19.1 Å². The summed E-state index contributed by atoms with van der Waals surface area (Å²) in [6.07, 6.45) is 7.83. The van der Waals surface area contributed by atoms with Crippen LogP contribution in [0.3, 0.4) is 0 Å². The SMILES string of the molecule is CCCCCCC(CC)n1c(=O)n(-c2ccc(Oc3ccccc3)cc2)c2c(Cl)ncnc21. The number of nitrogens with zero attached hydrogens (tertiary/aromatic N) is 4. The fraction of sp³-hybridized carbons (Fsp3) is 0.346. The van der Waals surface area contributed by atoms with Gasteiger partial charge in [0.2, 0.25) is 0 Å². The second-order valence-corrected chi connectivity index (χ2v) is 8.50. The van der Waals surface area contributed by atoms with Crippen molar-refractivity contribution in [1.82, 2.24) is 19.1 Å². The number of fused-ring (bicyclic) bond motifs is 1. The molecule has 172 valence electrons. The molecule has 2 heterocycles. The molecule has 0 fully saturated rings. The van der Waals surface area contributed by atoms with Gasteiger partial charge in [-0.3, -0.25) is 9.13 Å². The summed E-state index contributed by atoms with van der Waals surface area (Å²) in [6.45, 7) is 4.31. The molecule has 0 amide bonds. The maximum atomic E-state index is 13.7. The molecule has 4 aromatic rings. The van der Waals surface area contributed by atoms with E-state index in [0.717, 1.165) is 25.0 Å². The minimum Gasteiger partial charge on any atom is -0.457 e. The predicted octanol–water partition coefficient (Wildman–Crippen LogP) is 6.95. The topological polar surface area (TPSA) is 61.9 Å². The molecule has 7 heteroatoms. The average Bonchev–Trinajstić information content (AvgIpc) is 3.13. The fourth-order valence-corrected chi connectivity index (χ4v) is 4.40. The number of aromatic nitrogens is 4. The molecule has 1 atom stereocenters. The number of hydrogen-bond donors (Lipinski definition) is 0. The summed E-state index contributed by atoms with van der Waals surface area (Å²) in [6, 6.07) is 17.0. The van der Waals surface area contributed by atoms with E-state index in [-0.39, 0.29) is 16.9 Å². The maximum Gasteiger partial charge on any atom is 0.335 e. The van der Waals surface area contributed by atoms with Crippen LogP contribution in [0.5, 0.6) is 11.5 Å². The molecule has 0 saturated heterocycles. The first-order valence-corrected chi connectivity index (χ1v) is 12.0. The molecule has 2 aromatic heterocycles. The summed E-state index contributed by atoms with van der Waals surface area (Å²) in [7, 11) is 0. The van der Waals surface area contributed by atoms with E-state index in [1.807, 2.05) is 54.6 Å². The van der Waals surface area contributed by atoms with E-state index in [1.165, 1.54) is 25.6 Å². The van der Waals surface area contributed by atoms with Gasteiger partial charge in [0, 0.05) is 6.04 Å². The molecular formula is C26H29ClN4O2. The summed E-state index contributed by atoms with van der Waals surface area (Å²) in [5.41, 5.74) is 1.66. The van der Waals surface area contributed by atoms with Crippen molar-refractivity contribution < 1.29 is 4.74 Å². The number of unbranched alkanes of at least 4 members (excludes halogenated alkanes) is 3. The van der Waals surface area contributed by atoms with E-state index in [4.69, 9.17) is 16.3 Å². The number of imidazole rings is 1. The summed E-state index contributed by atoms with van der Waals surface area (Å²) < 4.78 is 9.30. The van der Waals surface area contributed by atoms with Gasteiger partial charge in [0.15, 0.2) is 10.8 Å². The highest BCUT2D eigenvalue weighted by Crippen LogP contribution is 2.29. The van der Waals surface area contributed by atoms with Gasteiger partial charge >= 0.3 is 5.69 Å². The first-order valence-electron chi connectivity index (χ1n) is 11.6. The Morgan fingerprint density at radius 3 is 2.36 bits per heavy atom. The monoisotopic (exact) mass is 464 g/mol. The zero-order valence-corrected chi connectivity index (χ0v) is 19.8. The molecule has 0 saturated carbocycles. The summed E-state index contributed by atoms with van der Waals surface area (Å²) >= 11 is 6.48. The standard InChI is InChI=1S/C26H29ClN4O2/c1-3-5-6-8-11-19(4-2)31-25-23(24(27)28-18-29-25)30(26(31)32)20-14-16-22(17-15-20)33-21-12-9-7-10-13-21/h7,9-10,12-19H,3-6,8,11H2,1-2H3. The minimum atomic E-state index is -0.147. The number of halogens is 1. The van der Waals surface area contributed by atoms with E-state index in [2.05, 4.69) is 23.8 Å². The molecule has 4 rings (SSSR count). The van der Waals surface area contributed by atoms with Gasteiger partial charge in [-0.25, -0.2) is 14.8 Å². The van der Waals surface area contributed by atoms with Gasteiger partial charge in [-0.15, -0.1) is 0 Å². The molecule has 6 nitrogen and oxygen atoms in total. The van der Waals surface area contributed by atoms with Gasteiger partial charge in [0.25, 0.3) is 0 Å². The molecule has 0 N–H and O–H groups in total. The van der Waals surface area contributed by atoms with Crippen molar-refractivity contribution in [2.75, 3.05) is 0 Å². The molecule has 33 heavy (non-hydrogen) atoms. The number of rotatable bonds is 10. The Kier molecular flexibility index (Phi) is 7.45. The quantitative estimate of drug-likeness (QED) is 0.188. The lowest BCUT2D eigenvalue weighted by Gasteiger charge is -2.16. The van der Waals surface area contributed by atoms with Crippen LogP contribution in [0.4, 0.5) is 0 Å². The molecule has 0 aliphatic heterocycles. The van der Waals surface area contributed by atoms with Crippen molar-refractivity contribution >= 4 is 22.8 Å². The van der Waals surface area contributed by atoms with E-state index >= 15 is 0 Å². The highest BCUT2D eigenvalue weighted by Gasteiger charge is 2.23.